The highest BCUT2D eigenvalue weighted by Crippen LogP contribution is 2.34. The summed E-state index contributed by atoms with van der Waals surface area (Å²) in [5, 5.41) is 36.6. The number of aliphatic hydroxyl groups excluding tert-OH is 3. The first kappa shape index (κ1) is 34.4. The van der Waals surface area contributed by atoms with Crippen LogP contribution in [0.2, 0.25) is 0 Å². The Balaban J connectivity index is 1.44. The van der Waals surface area contributed by atoms with Crippen LogP contribution in [0.4, 0.5) is 11.4 Å². The Bertz CT molecular complexity index is 1590. The van der Waals surface area contributed by atoms with Crippen LogP contribution in [0.15, 0.2) is 73.1 Å². The van der Waals surface area contributed by atoms with E-state index in [2.05, 4.69) is 25.9 Å². The van der Waals surface area contributed by atoms with E-state index in [4.69, 9.17) is 5.11 Å². The van der Waals surface area contributed by atoms with Crippen molar-refractivity contribution in [2.24, 2.45) is 0 Å². The molecule has 0 bridgehead atoms. The third kappa shape index (κ3) is 9.25. The van der Waals surface area contributed by atoms with Gasteiger partial charge < -0.3 is 31.3 Å². The molecule has 0 atom stereocenters. The second-order valence-corrected chi connectivity index (χ2v) is 10.9. The monoisotopic (exact) mass is 626 g/mol. The van der Waals surface area contributed by atoms with Crippen LogP contribution in [0.5, 0.6) is 0 Å². The van der Waals surface area contributed by atoms with Crippen molar-refractivity contribution in [2.45, 2.75) is 33.4 Å². The number of aliphatic hydroxyl groups is 3. The molecule has 4 aromatic rings. The van der Waals surface area contributed by atoms with Gasteiger partial charge in [-0.1, -0.05) is 36.4 Å². The zero-order valence-corrected chi connectivity index (χ0v) is 26.3. The number of rotatable bonds is 16. The number of anilines is 2. The first-order chi connectivity index (χ1) is 22.3. The fraction of sp³-hybridized carbons (Fsp3) is 0.314. The van der Waals surface area contributed by atoms with E-state index < -0.39 is 0 Å². The molecule has 2 aromatic carbocycles. The summed E-state index contributed by atoms with van der Waals surface area (Å²) in [6.45, 7) is 6.68. The Hall–Kier alpha value is -4.52. The van der Waals surface area contributed by atoms with Gasteiger partial charge in [0, 0.05) is 56.6 Å². The summed E-state index contributed by atoms with van der Waals surface area (Å²) in [5.41, 5.74) is 7.28. The lowest BCUT2D eigenvalue weighted by Crippen LogP contribution is -2.29. The predicted octanol–water partition coefficient (Wildman–Crippen LogP) is 3.52. The SMILES string of the molecule is Cc1c(NC(=O)c2ccc(CNCCCO)cn2)cccc1-c1cccc(NC(=O)c2ccc(CN(CCO)CCO)cn2)c1C. The Morgan fingerprint density at radius 1 is 0.696 bits per heavy atom. The van der Waals surface area contributed by atoms with E-state index in [0.29, 0.717) is 56.2 Å². The quantitative estimate of drug-likeness (QED) is 0.102. The lowest BCUT2D eigenvalue weighted by atomic mass is 9.94. The Kier molecular flexibility index (Phi) is 12.9. The Labute approximate surface area is 269 Å². The number of nitrogens with zero attached hydrogens (tertiary/aromatic N) is 3. The van der Waals surface area contributed by atoms with Crippen LogP contribution >= 0.6 is 0 Å². The van der Waals surface area contributed by atoms with E-state index in [1.54, 1.807) is 24.5 Å². The number of aromatic nitrogens is 2. The number of hydrogen-bond acceptors (Lipinski definition) is 9. The highest BCUT2D eigenvalue weighted by atomic mass is 16.3. The number of amides is 2. The van der Waals surface area contributed by atoms with Crippen LogP contribution in [0.25, 0.3) is 11.1 Å². The zero-order valence-electron chi connectivity index (χ0n) is 26.3. The van der Waals surface area contributed by atoms with Gasteiger partial charge in [-0.25, -0.2) is 0 Å². The molecule has 4 rings (SSSR count). The number of carbonyl (C=O) groups excluding carboxylic acids is 2. The van der Waals surface area contributed by atoms with E-state index in [1.807, 2.05) is 67.3 Å². The molecule has 0 saturated heterocycles. The maximum atomic E-state index is 13.1. The van der Waals surface area contributed by atoms with Crippen molar-refractivity contribution in [3.63, 3.8) is 0 Å². The second-order valence-electron chi connectivity index (χ2n) is 10.9. The first-order valence-corrected chi connectivity index (χ1v) is 15.3. The van der Waals surface area contributed by atoms with Crippen LogP contribution in [0.3, 0.4) is 0 Å². The molecule has 0 spiro atoms. The summed E-state index contributed by atoms with van der Waals surface area (Å²) in [6.07, 6.45) is 3.98. The summed E-state index contributed by atoms with van der Waals surface area (Å²) in [6, 6.07) is 18.4. The molecule has 2 heterocycles. The molecule has 0 saturated carbocycles. The largest absolute Gasteiger partial charge is 0.396 e. The predicted molar refractivity (Wildman–Crippen MR) is 179 cm³/mol. The lowest BCUT2D eigenvalue weighted by molar-refractivity contribution is 0.101. The van der Waals surface area contributed by atoms with E-state index >= 15 is 0 Å². The van der Waals surface area contributed by atoms with Gasteiger partial charge in [-0.15, -0.1) is 0 Å². The second kappa shape index (κ2) is 17.2. The van der Waals surface area contributed by atoms with Crippen molar-refractivity contribution in [1.82, 2.24) is 20.2 Å². The molecular weight excluding hydrogens is 584 g/mol. The number of pyridine rings is 2. The molecule has 6 N–H and O–H groups in total. The Morgan fingerprint density at radius 3 is 1.67 bits per heavy atom. The first-order valence-electron chi connectivity index (χ1n) is 15.3. The third-order valence-electron chi connectivity index (χ3n) is 7.65. The number of carbonyl (C=O) groups is 2. The highest BCUT2D eigenvalue weighted by Gasteiger charge is 2.16. The molecule has 11 nitrogen and oxygen atoms in total. The highest BCUT2D eigenvalue weighted by molar-refractivity contribution is 6.05. The fourth-order valence-electron chi connectivity index (χ4n) is 5.06. The number of hydrogen-bond donors (Lipinski definition) is 6. The minimum Gasteiger partial charge on any atom is -0.396 e. The van der Waals surface area contributed by atoms with Crippen LogP contribution < -0.4 is 16.0 Å². The molecule has 0 fully saturated rings. The average molecular weight is 627 g/mol. The summed E-state index contributed by atoms with van der Waals surface area (Å²) < 4.78 is 0. The smallest absolute Gasteiger partial charge is 0.274 e. The van der Waals surface area contributed by atoms with Gasteiger partial charge in [0.2, 0.25) is 0 Å². The van der Waals surface area contributed by atoms with Crippen molar-refractivity contribution in [3.8, 4) is 11.1 Å². The van der Waals surface area contributed by atoms with Crippen LogP contribution in [0.1, 0.15) is 49.7 Å². The van der Waals surface area contributed by atoms with E-state index in [1.165, 1.54) is 0 Å². The van der Waals surface area contributed by atoms with Gasteiger partial charge in [-0.3, -0.25) is 24.5 Å². The molecule has 2 aromatic heterocycles. The van der Waals surface area contributed by atoms with Crippen molar-refractivity contribution in [2.75, 3.05) is 50.1 Å². The van der Waals surface area contributed by atoms with Gasteiger partial charge in [-0.05, 0) is 84.5 Å². The topological polar surface area (TPSA) is 160 Å². The van der Waals surface area contributed by atoms with Crippen LogP contribution in [0, 0.1) is 13.8 Å². The minimum absolute atomic E-state index is 0.0108. The van der Waals surface area contributed by atoms with E-state index in [-0.39, 0.29) is 37.3 Å². The van der Waals surface area contributed by atoms with Crippen LogP contribution in [-0.4, -0.2) is 81.5 Å². The number of nitrogens with one attached hydrogen (secondary N) is 3. The van der Waals surface area contributed by atoms with Gasteiger partial charge in [0.25, 0.3) is 11.8 Å². The molecule has 0 radical (unpaired) electrons. The third-order valence-corrected chi connectivity index (χ3v) is 7.65. The maximum Gasteiger partial charge on any atom is 0.274 e. The van der Waals surface area contributed by atoms with Gasteiger partial charge >= 0.3 is 0 Å². The summed E-state index contributed by atoms with van der Waals surface area (Å²) >= 11 is 0. The van der Waals surface area contributed by atoms with Crippen molar-refractivity contribution in [1.29, 1.82) is 0 Å². The molecule has 0 aliphatic rings. The molecule has 46 heavy (non-hydrogen) atoms. The molecule has 242 valence electrons. The zero-order chi connectivity index (χ0) is 32.9. The van der Waals surface area contributed by atoms with E-state index in [9.17, 15) is 19.8 Å². The van der Waals surface area contributed by atoms with E-state index in [0.717, 1.165) is 33.4 Å². The maximum absolute atomic E-state index is 13.1. The normalized spacial score (nSPS) is 11.1. The van der Waals surface area contributed by atoms with Crippen molar-refractivity contribution < 1.29 is 24.9 Å². The molecular formula is C35H42N6O5. The van der Waals surface area contributed by atoms with Gasteiger partial charge in [0.05, 0.1) is 13.2 Å². The number of benzene rings is 2. The summed E-state index contributed by atoms with van der Waals surface area (Å²) in [5.74, 6) is -0.655. The fourth-order valence-corrected chi connectivity index (χ4v) is 5.06. The lowest BCUT2D eigenvalue weighted by Gasteiger charge is -2.20. The van der Waals surface area contributed by atoms with Gasteiger partial charge in [0.15, 0.2) is 0 Å². The minimum atomic E-state index is -0.341. The van der Waals surface area contributed by atoms with Crippen molar-refractivity contribution in [3.05, 3.63) is 107 Å². The van der Waals surface area contributed by atoms with Crippen molar-refractivity contribution >= 4 is 23.2 Å². The molecule has 11 heteroatoms. The molecule has 2 amide bonds. The van der Waals surface area contributed by atoms with Gasteiger partial charge in [0.1, 0.15) is 11.4 Å². The molecule has 0 aliphatic carbocycles. The average Bonchev–Trinajstić information content (AvgIpc) is 3.06. The molecule has 0 aliphatic heterocycles. The standard InChI is InChI=1S/C35H42N6O5/c1-24-28(6-3-8-30(24)39-34(45)32-12-10-26(21-37-32)20-36-14-5-17-42)29-7-4-9-31(25(29)2)40-35(46)33-13-11-27(22-38-33)23-41(15-18-43)16-19-44/h3-4,6-13,21-22,36,42-44H,5,14-20,23H2,1-2H3,(H,39,45)(H,40,46). The summed E-state index contributed by atoms with van der Waals surface area (Å²) in [7, 11) is 0. The van der Waals surface area contributed by atoms with Crippen LogP contribution in [-0.2, 0) is 13.1 Å². The summed E-state index contributed by atoms with van der Waals surface area (Å²) in [4.78, 5) is 36.7. The van der Waals surface area contributed by atoms with Gasteiger partial charge in [-0.2, -0.15) is 0 Å². The molecule has 0 unspecified atom stereocenters. The Morgan fingerprint density at radius 2 is 1.22 bits per heavy atom.